The van der Waals surface area contributed by atoms with Gasteiger partial charge in [-0.2, -0.15) is 37.0 Å². The van der Waals surface area contributed by atoms with E-state index in [1.807, 2.05) is 48.7 Å². The largest absolute Gasteiger partial charge is 3.00 e. The Labute approximate surface area is 219 Å². The fourth-order valence-electron chi connectivity index (χ4n) is 4.41. The molecule has 35 heavy (non-hydrogen) atoms. The third-order valence-corrected chi connectivity index (χ3v) is 6.07. The van der Waals surface area contributed by atoms with Gasteiger partial charge in [0.2, 0.25) is 0 Å². The summed E-state index contributed by atoms with van der Waals surface area (Å²) in [4.78, 5) is 8.80. The first kappa shape index (κ1) is 23.1. The molecule has 0 fully saturated rings. The van der Waals surface area contributed by atoms with Gasteiger partial charge < -0.3 is 19.5 Å². The van der Waals surface area contributed by atoms with Crippen LogP contribution >= 0.6 is 0 Å². The quantitative estimate of drug-likeness (QED) is 0.191. The van der Waals surface area contributed by atoms with Crippen LogP contribution in [0.5, 0.6) is 5.75 Å². The van der Waals surface area contributed by atoms with Crippen LogP contribution in [0.2, 0.25) is 0 Å². The molecule has 5 heteroatoms. The predicted molar refractivity (Wildman–Crippen MR) is 137 cm³/mol. The van der Waals surface area contributed by atoms with Gasteiger partial charge in [0.25, 0.3) is 0 Å². The molecule has 0 aliphatic carbocycles. The Bertz CT molecular complexity index is 1470. The SMILES string of the molecule is CN1[CH-]N(c2[c-]cccc2)c2ccccc21.[Ir+3].[c-]1cccc2c1-c1ncc3ccccc3c1OC2. The van der Waals surface area contributed by atoms with Crippen molar-refractivity contribution in [2.45, 2.75) is 6.61 Å². The van der Waals surface area contributed by atoms with Crippen molar-refractivity contribution in [2.24, 2.45) is 0 Å². The number of anilines is 3. The summed E-state index contributed by atoms with van der Waals surface area (Å²) in [5.41, 5.74) is 6.60. The predicted octanol–water partition coefficient (Wildman–Crippen LogP) is 6.79. The summed E-state index contributed by atoms with van der Waals surface area (Å²) in [7, 11) is 2.06. The van der Waals surface area contributed by atoms with Crippen molar-refractivity contribution < 1.29 is 24.8 Å². The maximum Gasteiger partial charge on any atom is 3.00 e. The molecule has 0 atom stereocenters. The van der Waals surface area contributed by atoms with Gasteiger partial charge in [0, 0.05) is 34.0 Å². The number of para-hydroxylation sites is 3. The number of hydrogen-bond acceptors (Lipinski definition) is 4. The molecule has 0 bridgehead atoms. The molecule has 5 aromatic rings. The minimum Gasteiger partial charge on any atom is -0.505 e. The standard InChI is InChI=1S/C16H10NO.C14H12N2.Ir/c1-4-8-14-11(5-1)9-17-15-13-7-3-2-6-12(13)10-18-16(14)15;1-15-11-16(12-7-3-2-4-8-12)14-10-6-5-9-13(14)15;/h1-6,8-9H,10H2;2-7,9-11H,1H3;/q-1;-2;+3. The fraction of sp³-hybridized carbons (Fsp3) is 0.0667. The first-order valence-electron chi connectivity index (χ1n) is 11.2. The van der Waals surface area contributed by atoms with E-state index >= 15 is 0 Å². The van der Waals surface area contributed by atoms with Crippen LogP contribution in [0.3, 0.4) is 0 Å². The summed E-state index contributed by atoms with van der Waals surface area (Å²) in [6, 6.07) is 37.0. The van der Waals surface area contributed by atoms with Crippen LogP contribution in [0, 0.1) is 18.8 Å². The Balaban J connectivity index is 0.000000142. The van der Waals surface area contributed by atoms with Crippen LogP contribution < -0.4 is 14.5 Å². The van der Waals surface area contributed by atoms with Gasteiger partial charge in [0.05, 0.1) is 6.61 Å². The summed E-state index contributed by atoms with van der Waals surface area (Å²) < 4.78 is 5.88. The van der Waals surface area contributed by atoms with E-state index < -0.39 is 0 Å². The second kappa shape index (κ2) is 9.91. The minimum absolute atomic E-state index is 0. The third-order valence-electron chi connectivity index (χ3n) is 6.07. The monoisotopic (exact) mass is 633 g/mol. The van der Waals surface area contributed by atoms with Crippen molar-refractivity contribution in [3.8, 4) is 17.0 Å². The molecule has 0 spiro atoms. The Morgan fingerprint density at radius 2 is 1.63 bits per heavy atom. The van der Waals surface area contributed by atoms with Gasteiger partial charge in [-0.15, -0.1) is 35.5 Å². The van der Waals surface area contributed by atoms with E-state index in [1.165, 1.54) is 11.4 Å². The maximum absolute atomic E-state index is 5.88. The molecule has 0 radical (unpaired) electrons. The van der Waals surface area contributed by atoms with Gasteiger partial charge in [-0.1, -0.05) is 42.0 Å². The molecule has 2 aliphatic heterocycles. The Morgan fingerprint density at radius 3 is 2.49 bits per heavy atom. The average Bonchev–Trinajstić information content (AvgIpc) is 3.26. The molecule has 0 N–H and O–H groups in total. The minimum atomic E-state index is 0. The number of ether oxygens (including phenoxy) is 1. The normalized spacial score (nSPS) is 12.9. The van der Waals surface area contributed by atoms with Crippen LogP contribution in [0.25, 0.3) is 22.0 Å². The molecule has 0 saturated heterocycles. The van der Waals surface area contributed by atoms with E-state index in [0.717, 1.165) is 39.0 Å². The van der Waals surface area contributed by atoms with Crippen molar-refractivity contribution in [3.05, 3.63) is 122 Å². The van der Waals surface area contributed by atoms with Crippen molar-refractivity contribution >= 4 is 27.8 Å². The van der Waals surface area contributed by atoms with Gasteiger partial charge in [-0.25, -0.2) is 0 Å². The van der Waals surface area contributed by atoms with E-state index in [4.69, 9.17) is 4.74 Å². The van der Waals surface area contributed by atoms with Crippen molar-refractivity contribution in [2.75, 3.05) is 16.8 Å². The first-order chi connectivity index (χ1) is 16.8. The summed E-state index contributed by atoms with van der Waals surface area (Å²) in [5, 5.41) is 2.22. The van der Waals surface area contributed by atoms with Crippen LogP contribution in [0.15, 0.2) is 97.2 Å². The smallest absolute Gasteiger partial charge is 0.505 e. The van der Waals surface area contributed by atoms with Crippen LogP contribution in [-0.4, -0.2) is 12.0 Å². The number of pyridine rings is 1. The van der Waals surface area contributed by atoms with E-state index in [1.54, 1.807) is 0 Å². The van der Waals surface area contributed by atoms with Crippen LogP contribution in [0.1, 0.15) is 5.56 Å². The molecule has 3 heterocycles. The molecular formula is C30H22IrN3O. The summed E-state index contributed by atoms with van der Waals surface area (Å²) in [5.74, 6) is 0.878. The molecule has 172 valence electrons. The topological polar surface area (TPSA) is 28.6 Å². The zero-order valence-corrected chi connectivity index (χ0v) is 21.5. The average molecular weight is 633 g/mol. The molecule has 0 unspecified atom stereocenters. The Morgan fingerprint density at radius 1 is 0.857 bits per heavy atom. The fourth-order valence-corrected chi connectivity index (χ4v) is 4.41. The van der Waals surface area contributed by atoms with E-state index in [9.17, 15) is 0 Å². The molecule has 4 nitrogen and oxygen atoms in total. The van der Waals surface area contributed by atoms with Gasteiger partial charge in [0.15, 0.2) is 0 Å². The summed E-state index contributed by atoms with van der Waals surface area (Å²) in [6.07, 6.45) is 1.90. The molecule has 0 saturated carbocycles. The zero-order chi connectivity index (χ0) is 22.9. The number of nitrogens with zero attached hydrogens (tertiary/aromatic N) is 3. The molecular weight excluding hydrogens is 611 g/mol. The molecule has 4 aromatic carbocycles. The molecule has 1 aromatic heterocycles. The Kier molecular flexibility index (Phi) is 6.54. The second-order valence-corrected chi connectivity index (χ2v) is 8.22. The number of hydrogen-bond donors (Lipinski definition) is 0. The zero-order valence-electron chi connectivity index (χ0n) is 19.1. The number of benzene rings is 4. The number of fused-ring (bicyclic) bond motifs is 6. The van der Waals surface area contributed by atoms with Gasteiger partial charge in [-0.05, 0) is 19.2 Å². The summed E-state index contributed by atoms with van der Waals surface area (Å²) in [6.45, 7) is 2.67. The van der Waals surface area contributed by atoms with E-state index in [2.05, 4.69) is 89.2 Å². The maximum atomic E-state index is 5.88. The molecule has 7 rings (SSSR count). The van der Waals surface area contributed by atoms with Crippen molar-refractivity contribution in [1.29, 1.82) is 0 Å². The third kappa shape index (κ3) is 4.29. The van der Waals surface area contributed by atoms with Crippen molar-refractivity contribution in [1.82, 2.24) is 4.98 Å². The van der Waals surface area contributed by atoms with Crippen LogP contribution in [-0.2, 0) is 26.7 Å². The Hall–Kier alpha value is -3.66. The van der Waals surface area contributed by atoms with Gasteiger partial charge >= 0.3 is 20.1 Å². The first-order valence-corrected chi connectivity index (χ1v) is 11.2. The van der Waals surface area contributed by atoms with E-state index in [-0.39, 0.29) is 20.1 Å². The van der Waals surface area contributed by atoms with Crippen molar-refractivity contribution in [3.63, 3.8) is 0 Å². The second-order valence-electron chi connectivity index (χ2n) is 8.22. The van der Waals surface area contributed by atoms with Gasteiger partial charge in [-0.3, -0.25) is 0 Å². The molecule has 2 aliphatic rings. The number of aromatic nitrogens is 1. The summed E-state index contributed by atoms with van der Waals surface area (Å²) >= 11 is 0. The van der Waals surface area contributed by atoms with Gasteiger partial charge in [0.1, 0.15) is 5.75 Å². The van der Waals surface area contributed by atoms with Crippen LogP contribution in [0.4, 0.5) is 17.1 Å². The molecule has 0 amide bonds. The number of rotatable bonds is 1. The van der Waals surface area contributed by atoms with E-state index in [0.29, 0.717) is 6.61 Å².